The number of anilines is 1. The molecule has 0 heterocycles. The lowest BCUT2D eigenvalue weighted by molar-refractivity contribution is -0.111. The SMILES string of the molecule is CC#CC(=O)Nc1ccc(C)cc1C(=O)O. The van der Waals surface area contributed by atoms with Crippen LogP contribution < -0.4 is 5.32 Å². The van der Waals surface area contributed by atoms with Crippen LogP contribution in [-0.4, -0.2) is 17.0 Å². The van der Waals surface area contributed by atoms with E-state index < -0.39 is 11.9 Å². The van der Waals surface area contributed by atoms with Crippen LogP contribution in [0.25, 0.3) is 0 Å². The number of benzene rings is 1. The lowest BCUT2D eigenvalue weighted by atomic mass is 10.1. The highest BCUT2D eigenvalue weighted by Crippen LogP contribution is 2.17. The minimum Gasteiger partial charge on any atom is -0.478 e. The quantitative estimate of drug-likeness (QED) is 0.740. The molecule has 2 N–H and O–H groups in total. The van der Waals surface area contributed by atoms with Gasteiger partial charge in [0.1, 0.15) is 0 Å². The van der Waals surface area contributed by atoms with E-state index in [0.717, 1.165) is 5.56 Å². The van der Waals surface area contributed by atoms with Gasteiger partial charge in [-0.25, -0.2) is 4.79 Å². The average Bonchev–Trinajstić information content (AvgIpc) is 2.20. The summed E-state index contributed by atoms with van der Waals surface area (Å²) in [5.41, 5.74) is 1.13. The summed E-state index contributed by atoms with van der Waals surface area (Å²) in [6.07, 6.45) is 0. The molecule has 0 saturated heterocycles. The van der Waals surface area contributed by atoms with Crippen LogP contribution in [0.4, 0.5) is 5.69 Å². The Balaban J connectivity index is 3.07. The van der Waals surface area contributed by atoms with Crippen molar-refractivity contribution in [2.24, 2.45) is 0 Å². The zero-order valence-electron chi connectivity index (χ0n) is 9.00. The number of hydrogen-bond donors (Lipinski definition) is 2. The maximum atomic E-state index is 11.2. The van der Waals surface area contributed by atoms with Gasteiger partial charge in [-0.15, -0.1) is 0 Å². The molecule has 0 atom stereocenters. The zero-order chi connectivity index (χ0) is 12.1. The Morgan fingerprint density at radius 1 is 1.38 bits per heavy atom. The number of aromatic carboxylic acids is 1. The molecule has 1 aromatic carbocycles. The van der Waals surface area contributed by atoms with Gasteiger partial charge in [0.2, 0.25) is 0 Å². The smallest absolute Gasteiger partial charge is 0.337 e. The van der Waals surface area contributed by atoms with Crippen molar-refractivity contribution in [3.63, 3.8) is 0 Å². The van der Waals surface area contributed by atoms with Crippen molar-refractivity contribution >= 4 is 17.6 Å². The second-order valence-corrected chi connectivity index (χ2v) is 3.18. The van der Waals surface area contributed by atoms with E-state index in [4.69, 9.17) is 5.11 Å². The van der Waals surface area contributed by atoms with Crippen molar-refractivity contribution < 1.29 is 14.7 Å². The largest absolute Gasteiger partial charge is 0.478 e. The Morgan fingerprint density at radius 3 is 2.62 bits per heavy atom. The third kappa shape index (κ3) is 2.85. The van der Waals surface area contributed by atoms with Crippen molar-refractivity contribution in [1.82, 2.24) is 0 Å². The Morgan fingerprint density at radius 2 is 2.06 bits per heavy atom. The summed E-state index contributed by atoms with van der Waals surface area (Å²) >= 11 is 0. The van der Waals surface area contributed by atoms with Crippen molar-refractivity contribution in [1.29, 1.82) is 0 Å². The molecule has 0 unspecified atom stereocenters. The molecule has 0 aromatic heterocycles. The van der Waals surface area contributed by atoms with Crippen molar-refractivity contribution in [3.8, 4) is 11.8 Å². The molecule has 0 saturated carbocycles. The highest BCUT2D eigenvalue weighted by atomic mass is 16.4. The second-order valence-electron chi connectivity index (χ2n) is 3.18. The number of carboxylic acids is 1. The van der Waals surface area contributed by atoms with Crippen LogP contribution in [0.3, 0.4) is 0 Å². The van der Waals surface area contributed by atoms with E-state index in [1.54, 1.807) is 19.1 Å². The summed E-state index contributed by atoms with van der Waals surface area (Å²) in [5.74, 6) is 3.12. The van der Waals surface area contributed by atoms with Crippen LogP contribution in [0, 0.1) is 18.8 Å². The lowest BCUT2D eigenvalue weighted by Crippen LogP contribution is -2.12. The first-order valence-corrected chi connectivity index (χ1v) is 4.62. The van der Waals surface area contributed by atoms with Gasteiger partial charge < -0.3 is 10.4 Å². The third-order valence-corrected chi connectivity index (χ3v) is 1.89. The molecule has 0 aliphatic rings. The van der Waals surface area contributed by atoms with Gasteiger partial charge in [0.25, 0.3) is 5.91 Å². The van der Waals surface area contributed by atoms with Crippen LogP contribution in [0.2, 0.25) is 0 Å². The first-order valence-electron chi connectivity index (χ1n) is 4.62. The Labute approximate surface area is 93.3 Å². The minimum atomic E-state index is -1.08. The van der Waals surface area contributed by atoms with Gasteiger partial charge in [-0.2, -0.15) is 0 Å². The fourth-order valence-corrected chi connectivity index (χ4v) is 1.21. The standard InChI is InChI=1S/C12H11NO3/c1-3-4-11(14)13-10-6-5-8(2)7-9(10)12(15)16/h5-7H,1-2H3,(H,13,14)(H,15,16). The number of carbonyl (C=O) groups is 2. The van der Waals surface area contributed by atoms with E-state index in [9.17, 15) is 9.59 Å². The molecule has 0 radical (unpaired) electrons. The van der Waals surface area contributed by atoms with Crippen LogP contribution >= 0.6 is 0 Å². The van der Waals surface area contributed by atoms with Crippen LogP contribution in [0.5, 0.6) is 0 Å². The molecule has 82 valence electrons. The fourth-order valence-electron chi connectivity index (χ4n) is 1.21. The van der Waals surface area contributed by atoms with Crippen molar-refractivity contribution in [2.45, 2.75) is 13.8 Å². The molecule has 4 nitrogen and oxygen atoms in total. The number of rotatable bonds is 2. The van der Waals surface area contributed by atoms with Gasteiger partial charge in [0.05, 0.1) is 11.3 Å². The van der Waals surface area contributed by atoms with E-state index in [0.29, 0.717) is 0 Å². The molecular formula is C12H11NO3. The lowest BCUT2D eigenvalue weighted by Gasteiger charge is -2.06. The summed E-state index contributed by atoms with van der Waals surface area (Å²) in [6.45, 7) is 3.32. The van der Waals surface area contributed by atoms with Gasteiger partial charge in [0.15, 0.2) is 0 Å². The highest BCUT2D eigenvalue weighted by molar-refractivity contribution is 6.07. The summed E-state index contributed by atoms with van der Waals surface area (Å²) in [5, 5.41) is 11.4. The minimum absolute atomic E-state index is 0.0613. The van der Waals surface area contributed by atoms with Gasteiger partial charge in [-0.05, 0) is 31.9 Å². The Bertz CT molecular complexity index is 495. The summed E-state index contributed by atoms with van der Waals surface area (Å²) in [6, 6.07) is 4.77. The molecule has 0 aliphatic carbocycles. The Hall–Kier alpha value is -2.28. The normalized spacial score (nSPS) is 8.88. The van der Waals surface area contributed by atoms with Crippen LogP contribution in [0.15, 0.2) is 18.2 Å². The molecule has 0 spiro atoms. The molecule has 4 heteroatoms. The van der Waals surface area contributed by atoms with Gasteiger partial charge in [0, 0.05) is 0 Å². The van der Waals surface area contributed by atoms with Crippen LogP contribution in [0.1, 0.15) is 22.8 Å². The second kappa shape index (κ2) is 4.99. The number of hydrogen-bond acceptors (Lipinski definition) is 2. The number of amides is 1. The van der Waals surface area contributed by atoms with Crippen LogP contribution in [-0.2, 0) is 4.79 Å². The van der Waals surface area contributed by atoms with Gasteiger partial charge >= 0.3 is 5.97 Å². The van der Waals surface area contributed by atoms with E-state index in [1.165, 1.54) is 13.0 Å². The molecule has 0 aliphatic heterocycles. The number of carbonyl (C=O) groups excluding carboxylic acids is 1. The molecular weight excluding hydrogens is 206 g/mol. The topological polar surface area (TPSA) is 66.4 Å². The van der Waals surface area contributed by atoms with E-state index in [2.05, 4.69) is 17.2 Å². The zero-order valence-corrected chi connectivity index (χ0v) is 9.00. The number of carboxylic acid groups (broad SMARTS) is 1. The summed E-state index contributed by atoms with van der Waals surface area (Å²) < 4.78 is 0. The first kappa shape index (κ1) is 11.8. The van der Waals surface area contributed by atoms with Crippen molar-refractivity contribution in [2.75, 3.05) is 5.32 Å². The first-order chi connectivity index (χ1) is 7.54. The fraction of sp³-hybridized carbons (Fsp3) is 0.167. The predicted molar refractivity (Wildman–Crippen MR) is 60.2 cm³/mol. The maximum Gasteiger partial charge on any atom is 0.337 e. The molecule has 1 rings (SSSR count). The Kier molecular flexibility index (Phi) is 3.67. The molecule has 0 fully saturated rings. The average molecular weight is 217 g/mol. The molecule has 1 aromatic rings. The summed E-state index contributed by atoms with van der Waals surface area (Å²) in [7, 11) is 0. The highest BCUT2D eigenvalue weighted by Gasteiger charge is 2.11. The monoisotopic (exact) mass is 217 g/mol. The molecule has 16 heavy (non-hydrogen) atoms. The van der Waals surface area contributed by atoms with E-state index >= 15 is 0 Å². The third-order valence-electron chi connectivity index (χ3n) is 1.89. The molecule has 0 bridgehead atoms. The van der Waals surface area contributed by atoms with E-state index in [1.807, 2.05) is 0 Å². The number of nitrogens with one attached hydrogen (secondary N) is 1. The van der Waals surface area contributed by atoms with Crippen molar-refractivity contribution in [3.05, 3.63) is 29.3 Å². The number of aryl methyl sites for hydroxylation is 1. The van der Waals surface area contributed by atoms with E-state index in [-0.39, 0.29) is 11.3 Å². The van der Waals surface area contributed by atoms with Gasteiger partial charge in [-0.1, -0.05) is 17.6 Å². The maximum absolute atomic E-state index is 11.2. The molecule has 1 amide bonds. The van der Waals surface area contributed by atoms with Gasteiger partial charge in [-0.3, -0.25) is 4.79 Å². The predicted octanol–water partition coefficient (Wildman–Crippen LogP) is 1.66. The summed E-state index contributed by atoms with van der Waals surface area (Å²) in [4.78, 5) is 22.1.